The second-order valence-corrected chi connectivity index (χ2v) is 5.04. The van der Waals surface area contributed by atoms with E-state index in [1.165, 1.54) is 0 Å². The Hall–Kier alpha value is -2.28. The number of carbonyl (C=O) groups is 1. The van der Waals surface area contributed by atoms with Crippen LogP contribution in [0.1, 0.15) is 29.5 Å². The lowest BCUT2D eigenvalue weighted by Gasteiger charge is -2.23. The summed E-state index contributed by atoms with van der Waals surface area (Å²) in [6.45, 7) is 1.67. The number of benzene rings is 1. The fraction of sp³-hybridized carbons (Fsp3) is 0.333. The number of ketones is 1. The lowest BCUT2D eigenvalue weighted by Crippen LogP contribution is -2.31. The Labute approximate surface area is 110 Å². The Morgan fingerprint density at radius 3 is 2.95 bits per heavy atom. The van der Waals surface area contributed by atoms with Gasteiger partial charge in [-0.25, -0.2) is 0 Å². The van der Waals surface area contributed by atoms with Crippen LogP contribution >= 0.6 is 0 Å². The van der Waals surface area contributed by atoms with Gasteiger partial charge in [0.25, 0.3) is 0 Å². The van der Waals surface area contributed by atoms with Gasteiger partial charge in [0.1, 0.15) is 16.7 Å². The van der Waals surface area contributed by atoms with Gasteiger partial charge in [-0.15, -0.1) is 0 Å². The van der Waals surface area contributed by atoms with E-state index in [9.17, 15) is 10.1 Å². The van der Waals surface area contributed by atoms with Crippen molar-refractivity contribution in [2.24, 2.45) is 5.41 Å². The molecule has 3 rings (SSSR count). The van der Waals surface area contributed by atoms with Crippen molar-refractivity contribution < 1.29 is 13.9 Å². The molecule has 1 atom stereocenters. The van der Waals surface area contributed by atoms with E-state index in [-0.39, 0.29) is 5.78 Å². The molecule has 0 N–H and O–H groups in total. The molecular formula is C15H13NO3. The molecule has 0 radical (unpaired) electrons. The maximum absolute atomic E-state index is 12.3. The lowest BCUT2D eigenvalue weighted by atomic mass is 9.75. The minimum absolute atomic E-state index is 0.216. The summed E-state index contributed by atoms with van der Waals surface area (Å²) in [6.07, 6.45) is 1.22. The molecule has 0 bridgehead atoms. The van der Waals surface area contributed by atoms with Crippen LogP contribution in [0.5, 0.6) is 5.75 Å². The summed E-state index contributed by atoms with van der Waals surface area (Å²) < 4.78 is 10.8. The first-order valence-corrected chi connectivity index (χ1v) is 6.14. The summed E-state index contributed by atoms with van der Waals surface area (Å²) in [5.41, 5.74) is 0.584. The zero-order chi connectivity index (χ0) is 13.6. The highest BCUT2D eigenvalue weighted by Gasteiger charge is 2.42. The fourth-order valence-corrected chi connectivity index (χ4v) is 2.53. The van der Waals surface area contributed by atoms with Gasteiger partial charge >= 0.3 is 0 Å². The standard InChI is InChI=1S/C15H13NO3/c1-15(8-16)6-5-11-10-4-3-9(18-2)7-12(10)19-13(11)14(15)17/h3-4,7H,5-6H2,1-2H3. The van der Waals surface area contributed by atoms with Crippen molar-refractivity contribution in [1.82, 2.24) is 0 Å². The second kappa shape index (κ2) is 3.86. The van der Waals surface area contributed by atoms with Crippen LogP contribution in [0, 0.1) is 16.7 Å². The number of furan rings is 1. The summed E-state index contributed by atoms with van der Waals surface area (Å²) >= 11 is 0. The Bertz CT molecular complexity index is 723. The van der Waals surface area contributed by atoms with Crippen molar-refractivity contribution in [3.8, 4) is 11.8 Å². The highest BCUT2D eigenvalue weighted by atomic mass is 16.5. The van der Waals surface area contributed by atoms with Gasteiger partial charge in [0.2, 0.25) is 5.78 Å². The summed E-state index contributed by atoms with van der Waals surface area (Å²) in [6, 6.07) is 7.62. The minimum atomic E-state index is -0.967. The summed E-state index contributed by atoms with van der Waals surface area (Å²) in [5, 5.41) is 10.1. The third-order valence-electron chi connectivity index (χ3n) is 3.83. The lowest BCUT2D eigenvalue weighted by molar-refractivity contribution is 0.0824. The molecule has 0 aliphatic heterocycles. The van der Waals surface area contributed by atoms with Gasteiger partial charge < -0.3 is 9.15 Å². The number of hydrogen-bond donors (Lipinski definition) is 0. The van der Waals surface area contributed by atoms with Gasteiger partial charge in [-0.1, -0.05) is 0 Å². The van der Waals surface area contributed by atoms with E-state index in [1.807, 2.05) is 12.1 Å². The van der Waals surface area contributed by atoms with Crippen molar-refractivity contribution in [3.05, 3.63) is 29.5 Å². The number of rotatable bonds is 1. The molecule has 1 aliphatic rings. The van der Waals surface area contributed by atoms with E-state index in [1.54, 1.807) is 20.1 Å². The molecule has 96 valence electrons. The number of Topliss-reactive ketones (excluding diaryl/α,β-unsaturated/α-hetero) is 1. The van der Waals surface area contributed by atoms with Crippen molar-refractivity contribution in [3.63, 3.8) is 0 Å². The van der Waals surface area contributed by atoms with Crippen molar-refractivity contribution in [2.45, 2.75) is 19.8 Å². The molecule has 2 aromatic rings. The van der Waals surface area contributed by atoms with Crippen LogP contribution < -0.4 is 4.74 Å². The monoisotopic (exact) mass is 255 g/mol. The summed E-state index contributed by atoms with van der Waals surface area (Å²) in [7, 11) is 1.59. The number of hydrogen-bond acceptors (Lipinski definition) is 4. The number of nitrogens with zero attached hydrogens (tertiary/aromatic N) is 1. The number of ether oxygens (including phenoxy) is 1. The third kappa shape index (κ3) is 1.55. The van der Waals surface area contributed by atoms with E-state index in [2.05, 4.69) is 6.07 Å². The Kier molecular flexibility index (Phi) is 2.39. The Morgan fingerprint density at radius 1 is 1.47 bits per heavy atom. The minimum Gasteiger partial charge on any atom is -0.497 e. The Morgan fingerprint density at radius 2 is 2.26 bits per heavy atom. The van der Waals surface area contributed by atoms with E-state index in [0.717, 1.165) is 10.9 Å². The second-order valence-electron chi connectivity index (χ2n) is 5.04. The number of fused-ring (bicyclic) bond motifs is 3. The van der Waals surface area contributed by atoms with Gasteiger partial charge in [-0.05, 0) is 31.9 Å². The summed E-state index contributed by atoms with van der Waals surface area (Å²) in [5.74, 6) is 0.805. The van der Waals surface area contributed by atoms with E-state index >= 15 is 0 Å². The quantitative estimate of drug-likeness (QED) is 0.785. The molecular weight excluding hydrogens is 242 g/mol. The highest BCUT2D eigenvalue weighted by molar-refractivity contribution is 6.06. The molecule has 1 unspecified atom stereocenters. The zero-order valence-corrected chi connectivity index (χ0v) is 10.8. The van der Waals surface area contributed by atoms with Crippen LogP contribution in [-0.4, -0.2) is 12.9 Å². The third-order valence-corrected chi connectivity index (χ3v) is 3.83. The number of aryl methyl sites for hydroxylation is 1. The van der Waals surface area contributed by atoms with Crippen molar-refractivity contribution in [2.75, 3.05) is 7.11 Å². The van der Waals surface area contributed by atoms with Gasteiger partial charge in [0, 0.05) is 17.0 Å². The molecule has 1 aliphatic carbocycles. The topological polar surface area (TPSA) is 63.2 Å². The molecule has 0 fully saturated rings. The molecule has 19 heavy (non-hydrogen) atoms. The largest absolute Gasteiger partial charge is 0.497 e. The van der Waals surface area contributed by atoms with Crippen molar-refractivity contribution >= 4 is 16.8 Å². The van der Waals surface area contributed by atoms with Crippen LogP contribution in [0.2, 0.25) is 0 Å². The average molecular weight is 255 g/mol. The van der Waals surface area contributed by atoms with Crippen LogP contribution in [0.25, 0.3) is 11.0 Å². The number of nitriles is 1. The normalized spacial score (nSPS) is 22.1. The fourth-order valence-electron chi connectivity index (χ4n) is 2.53. The van der Waals surface area contributed by atoms with Gasteiger partial charge in [0.15, 0.2) is 5.76 Å². The first-order chi connectivity index (χ1) is 9.09. The first kappa shape index (κ1) is 11.8. The number of methoxy groups -OCH3 is 1. The molecule has 1 heterocycles. The van der Waals surface area contributed by atoms with Crippen LogP contribution in [-0.2, 0) is 6.42 Å². The Balaban J connectivity index is 2.22. The molecule has 4 nitrogen and oxygen atoms in total. The predicted molar refractivity (Wildman–Crippen MR) is 69.1 cm³/mol. The SMILES string of the molecule is COc1ccc2c3c(oc2c1)C(=O)C(C)(C#N)CC3. The van der Waals surface area contributed by atoms with Crippen LogP contribution in [0.3, 0.4) is 0 Å². The number of carbonyl (C=O) groups excluding carboxylic acids is 1. The molecule has 0 saturated carbocycles. The van der Waals surface area contributed by atoms with Crippen molar-refractivity contribution in [1.29, 1.82) is 5.26 Å². The van der Waals surface area contributed by atoms with Gasteiger partial charge in [-0.2, -0.15) is 5.26 Å². The zero-order valence-electron chi connectivity index (χ0n) is 10.8. The highest BCUT2D eigenvalue weighted by Crippen LogP contribution is 2.40. The maximum atomic E-state index is 12.3. The van der Waals surface area contributed by atoms with Crippen LogP contribution in [0.4, 0.5) is 0 Å². The predicted octanol–water partition coefficient (Wildman–Crippen LogP) is 3.10. The average Bonchev–Trinajstić information content (AvgIpc) is 2.81. The molecule has 4 heteroatoms. The van der Waals surface area contributed by atoms with Gasteiger partial charge in [0.05, 0.1) is 13.2 Å². The molecule has 0 spiro atoms. The molecule has 0 saturated heterocycles. The maximum Gasteiger partial charge on any atom is 0.218 e. The van der Waals surface area contributed by atoms with E-state index < -0.39 is 5.41 Å². The van der Waals surface area contributed by atoms with E-state index in [4.69, 9.17) is 9.15 Å². The molecule has 0 amide bonds. The van der Waals surface area contributed by atoms with Crippen LogP contribution in [0.15, 0.2) is 22.6 Å². The molecule has 1 aromatic heterocycles. The smallest absolute Gasteiger partial charge is 0.218 e. The summed E-state index contributed by atoms with van der Waals surface area (Å²) in [4.78, 5) is 12.3. The first-order valence-electron chi connectivity index (χ1n) is 6.14. The molecule has 1 aromatic carbocycles. The van der Waals surface area contributed by atoms with Gasteiger partial charge in [-0.3, -0.25) is 4.79 Å². The van der Waals surface area contributed by atoms with E-state index in [0.29, 0.717) is 29.9 Å².